The molecule has 1 nitrogen and oxygen atoms in total. The Morgan fingerprint density at radius 2 is 1.74 bits per heavy atom. The number of rotatable bonds is 4. The molecule has 0 saturated carbocycles. The molecule has 19 heavy (non-hydrogen) atoms. The molecular formula is C15H14Cl2FN. The van der Waals surface area contributed by atoms with Gasteiger partial charge in [0.25, 0.3) is 0 Å². The molecule has 100 valence electrons. The van der Waals surface area contributed by atoms with Crippen LogP contribution < -0.4 is 5.73 Å². The number of benzene rings is 2. The van der Waals surface area contributed by atoms with E-state index < -0.39 is 0 Å². The van der Waals surface area contributed by atoms with Gasteiger partial charge in [-0.15, -0.1) is 0 Å². The molecule has 0 fully saturated rings. The van der Waals surface area contributed by atoms with E-state index >= 15 is 0 Å². The minimum Gasteiger partial charge on any atom is -0.330 e. The zero-order valence-corrected chi connectivity index (χ0v) is 11.8. The van der Waals surface area contributed by atoms with Crippen molar-refractivity contribution in [3.63, 3.8) is 0 Å². The van der Waals surface area contributed by atoms with Crippen molar-refractivity contribution in [1.29, 1.82) is 0 Å². The first-order valence-electron chi connectivity index (χ1n) is 6.00. The monoisotopic (exact) mass is 297 g/mol. The van der Waals surface area contributed by atoms with Gasteiger partial charge in [0.2, 0.25) is 0 Å². The molecule has 0 aliphatic heterocycles. The van der Waals surface area contributed by atoms with Gasteiger partial charge in [-0.05, 0) is 42.8 Å². The van der Waals surface area contributed by atoms with Gasteiger partial charge in [-0.3, -0.25) is 0 Å². The van der Waals surface area contributed by atoms with Crippen LogP contribution in [0.15, 0.2) is 42.5 Å². The SMILES string of the molecule is NCC(Cc1c(F)cccc1Cl)c1ccc(Cl)cc1. The maximum Gasteiger partial charge on any atom is 0.127 e. The van der Waals surface area contributed by atoms with Crippen LogP contribution in [0, 0.1) is 5.82 Å². The van der Waals surface area contributed by atoms with Gasteiger partial charge in [-0.25, -0.2) is 4.39 Å². The largest absolute Gasteiger partial charge is 0.330 e. The van der Waals surface area contributed by atoms with E-state index in [4.69, 9.17) is 28.9 Å². The van der Waals surface area contributed by atoms with Crippen molar-refractivity contribution in [3.8, 4) is 0 Å². The Balaban J connectivity index is 2.26. The van der Waals surface area contributed by atoms with Gasteiger partial charge in [0.05, 0.1) is 0 Å². The summed E-state index contributed by atoms with van der Waals surface area (Å²) in [5.41, 5.74) is 7.33. The number of hydrogen-bond acceptors (Lipinski definition) is 1. The van der Waals surface area contributed by atoms with Crippen molar-refractivity contribution in [3.05, 3.63) is 69.5 Å². The molecule has 0 saturated heterocycles. The lowest BCUT2D eigenvalue weighted by Gasteiger charge is -2.16. The highest BCUT2D eigenvalue weighted by Crippen LogP contribution is 2.27. The van der Waals surface area contributed by atoms with E-state index in [1.807, 2.05) is 24.3 Å². The molecule has 0 aliphatic carbocycles. The van der Waals surface area contributed by atoms with Gasteiger partial charge in [-0.2, -0.15) is 0 Å². The fourth-order valence-electron chi connectivity index (χ4n) is 2.05. The highest BCUT2D eigenvalue weighted by Gasteiger charge is 2.15. The average molecular weight is 298 g/mol. The Kier molecular flexibility index (Phi) is 4.81. The van der Waals surface area contributed by atoms with Crippen LogP contribution in [0.2, 0.25) is 10.0 Å². The third-order valence-corrected chi connectivity index (χ3v) is 3.74. The lowest BCUT2D eigenvalue weighted by atomic mass is 9.92. The number of hydrogen-bond donors (Lipinski definition) is 1. The molecule has 1 atom stereocenters. The molecule has 0 aliphatic rings. The molecule has 0 aromatic heterocycles. The predicted molar refractivity (Wildman–Crippen MR) is 78.4 cm³/mol. The van der Waals surface area contributed by atoms with Crippen molar-refractivity contribution in [2.24, 2.45) is 5.73 Å². The fourth-order valence-corrected chi connectivity index (χ4v) is 2.41. The Labute approximate surface area is 122 Å². The first-order valence-corrected chi connectivity index (χ1v) is 6.76. The smallest absolute Gasteiger partial charge is 0.127 e. The predicted octanol–water partition coefficient (Wildman–Crippen LogP) is 4.42. The van der Waals surface area contributed by atoms with E-state index in [0.29, 0.717) is 28.6 Å². The van der Waals surface area contributed by atoms with Gasteiger partial charge < -0.3 is 5.73 Å². The second-order valence-corrected chi connectivity index (χ2v) is 5.23. The van der Waals surface area contributed by atoms with Crippen LogP contribution in [-0.2, 0) is 6.42 Å². The Hall–Kier alpha value is -1.09. The van der Waals surface area contributed by atoms with Gasteiger partial charge in [-0.1, -0.05) is 41.4 Å². The highest BCUT2D eigenvalue weighted by atomic mass is 35.5. The van der Waals surface area contributed by atoms with Crippen molar-refractivity contribution >= 4 is 23.2 Å². The summed E-state index contributed by atoms with van der Waals surface area (Å²) in [6.07, 6.45) is 0.476. The van der Waals surface area contributed by atoms with E-state index in [9.17, 15) is 4.39 Å². The zero-order valence-electron chi connectivity index (χ0n) is 10.2. The molecule has 0 spiro atoms. The molecule has 0 heterocycles. The van der Waals surface area contributed by atoms with Gasteiger partial charge in [0.15, 0.2) is 0 Å². The number of nitrogens with two attached hydrogens (primary N) is 1. The zero-order chi connectivity index (χ0) is 13.8. The molecule has 0 amide bonds. The van der Waals surface area contributed by atoms with Crippen LogP contribution >= 0.6 is 23.2 Å². The Morgan fingerprint density at radius 3 is 2.32 bits per heavy atom. The second kappa shape index (κ2) is 6.38. The lowest BCUT2D eigenvalue weighted by molar-refractivity contribution is 0.590. The summed E-state index contributed by atoms with van der Waals surface area (Å²) in [5.74, 6) is -0.272. The first kappa shape index (κ1) is 14.3. The van der Waals surface area contributed by atoms with Crippen LogP contribution in [0.3, 0.4) is 0 Å². The average Bonchev–Trinajstić information content (AvgIpc) is 2.40. The molecule has 2 N–H and O–H groups in total. The minimum atomic E-state index is -0.292. The molecule has 2 aromatic carbocycles. The summed E-state index contributed by atoms with van der Waals surface area (Å²) in [6, 6.07) is 12.1. The third-order valence-electron chi connectivity index (χ3n) is 3.14. The molecule has 4 heteroatoms. The topological polar surface area (TPSA) is 26.0 Å². The Bertz CT molecular complexity index is 534. The van der Waals surface area contributed by atoms with Crippen molar-refractivity contribution in [1.82, 2.24) is 0 Å². The third kappa shape index (κ3) is 3.47. The summed E-state index contributed by atoms with van der Waals surface area (Å²) < 4.78 is 13.8. The van der Waals surface area contributed by atoms with Gasteiger partial charge >= 0.3 is 0 Å². The lowest BCUT2D eigenvalue weighted by Crippen LogP contribution is -2.15. The van der Waals surface area contributed by atoms with Crippen LogP contribution in [0.5, 0.6) is 0 Å². The van der Waals surface area contributed by atoms with Gasteiger partial charge in [0, 0.05) is 21.5 Å². The summed E-state index contributed by atoms with van der Waals surface area (Å²) in [7, 11) is 0. The first-order chi connectivity index (χ1) is 9.11. The maximum atomic E-state index is 13.8. The Morgan fingerprint density at radius 1 is 1.05 bits per heavy atom. The van der Waals surface area contributed by atoms with Crippen LogP contribution in [0.25, 0.3) is 0 Å². The van der Waals surface area contributed by atoms with Gasteiger partial charge in [0.1, 0.15) is 5.82 Å². The molecule has 0 radical (unpaired) electrons. The molecule has 2 aromatic rings. The maximum absolute atomic E-state index is 13.8. The quantitative estimate of drug-likeness (QED) is 0.888. The van der Waals surface area contributed by atoms with Crippen molar-refractivity contribution < 1.29 is 4.39 Å². The number of halogens is 3. The van der Waals surface area contributed by atoms with E-state index in [2.05, 4.69) is 0 Å². The highest BCUT2D eigenvalue weighted by molar-refractivity contribution is 6.31. The van der Waals surface area contributed by atoms with E-state index in [1.54, 1.807) is 12.1 Å². The summed E-state index contributed by atoms with van der Waals surface area (Å²) in [5, 5.41) is 1.11. The van der Waals surface area contributed by atoms with E-state index in [1.165, 1.54) is 6.07 Å². The van der Waals surface area contributed by atoms with E-state index in [-0.39, 0.29) is 11.7 Å². The fraction of sp³-hybridized carbons (Fsp3) is 0.200. The second-order valence-electron chi connectivity index (χ2n) is 4.39. The standard InChI is InChI=1S/C15H14Cl2FN/c16-12-6-4-10(5-7-12)11(9-19)8-13-14(17)2-1-3-15(13)18/h1-7,11H,8-9,19H2. The van der Waals surface area contributed by atoms with E-state index in [0.717, 1.165) is 5.56 Å². The normalized spacial score (nSPS) is 12.4. The van der Waals surface area contributed by atoms with Crippen LogP contribution in [-0.4, -0.2) is 6.54 Å². The molecule has 2 rings (SSSR count). The summed E-state index contributed by atoms with van der Waals surface area (Å²) in [6.45, 7) is 0.423. The minimum absolute atomic E-state index is 0.0201. The molecular weight excluding hydrogens is 284 g/mol. The molecule has 0 bridgehead atoms. The van der Waals surface area contributed by atoms with Crippen LogP contribution in [0.4, 0.5) is 4.39 Å². The summed E-state index contributed by atoms with van der Waals surface area (Å²) >= 11 is 11.9. The van der Waals surface area contributed by atoms with Crippen LogP contribution in [0.1, 0.15) is 17.0 Å². The summed E-state index contributed by atoms with van der Waals surface area (Å²) in [4.78, 5) is 0. The van der Waals surface area contributed by atoms with Crippen molar-refractivity contribution in [2.45, 2.75) is 12.3 Å². The molecule has 1 unspecified atom stereocenters. The van der Waals surface area contributed by atoms with Crippen molar-refractivity contribution in [2.75, 3.05) is 6.54 Å².